The molecule has 0 atom stereocenters. The molecule has 0 unspecified atom stereocenters. The summed E-state index contributed by atoms with van der Waals surface area (Å²) in [5, 5.41) is 4.32. The number of nitrogen functional groups attached to an aromatic ring is 1. The number of benzene rings is 1. The van der Waals surface area contributed by atoms with Gasteiger partial charge in [-0.15, -0.1) is 11.8 Å². The first-order chi connectivity index (χ1) is 7.63. The Labute approximate surface area is 99.7 Å². The van der Waals surface area contributed by atoms with Crippen LogP contribution in [0.25, 0.3) is 11.1 Å². The fourth-order valence-electron chi connectivity index (χ4n) is 1.79. The van der Waals surface area contributed by atoms with E-state index in [4.69, 9.17) is 5.73 Å². The summed E-state index contributed by atoms with van der Waals surface area (Å²) >= 11 is 1.73. The van der Waals surface area contributed by atoms with E-state index >= 15 is 0 Å². The molecule has 0 saturated carbocycles. The van der Waals surface area contributed by atoms with E-state index in [0.717, 1.165) is 22.6 Å². The molecule has 0 aliphatic heterocycles. The van der Waals surface area contributed by atoms with Crippen molar-refractivity contribution < 1.29 is 0 Å². The van der Waals surface area contributed by atoms with Crippen LogP contribution in [0.2, 0.25) is 0 Å². The fraction of sp³-hybridized carbons (Fsp3) is 0.250. The van der Waals surface area contributed by atoms with Gasteiger partial charge in [0.25, 0.3) is 0 Å². The molecule has 0 amide bonds. The molecule has 2 aromatic rings. The van der Waals surface area contributed by atoms with Crippen molar-refractivity contribution in [2.45, 2.75) is 11.8 Å². The summed E-state index contributed by atoms with van der Waals surface area (Å²) in [6.45, 7) is 1.98. The Morgan fingerprint density at radius 1 is 1.25 bits per heavy atom. The number of anilines is 1. The molecule has 1 aromatic carbocycles. The molecule has 2 N–H and O–H groups in total. The van der Waals surface area contributed by atoms with Crippen molar-refractivity contribution in [2.75, 3.05) is 12.0 Å². The maximum atomic E-state index is 6.00. The topological polar surface area (TPSA) is 43.8 Å². The lowest BCUT2D eigenvalue weighted by Gasteiger charge is -2.03. The molecule has 3 nitrogen and oxygen atoms in total. The van der Waals surface area contributed by atoms with Gasteiger partial charge in [0.05, 0.1) is 5.69 Å². The number of aromatic nitrogens is 2. The van der Waals surface area contributed by atoms with Crippen LogP contribution in [-0.4, -0.2) is 16.0 Å². The van der Waals surface area contributed by atoms with Crippen LogP contribution in [0.1, 0.15) is 5.69 Å². The minimum atomic E-state index is 0.717. The van der Waals surface area contributed by atoms with E-state index in [-0.39, 0.29) is 0 Å². The lowest BCUT2D eigenvalue weighted by atomic mass is 10.1. The van der Waals surface area contributed by atoms with Gasteiger partial charge in [-0.2, -0.15) is 5.10 Å². The Kier molecular flexibility index (Phi) is 2.92. The molecule has 0 aliphatic carbocycles. The zero-order chi connectivity index (χ0) is 11.7. The average Bonchev–Trinajstić information content (AvgIpc) is 2.54. The Hall–Kier alpha value is -1.42. The third-order valence-corrected chi connectivity index (χ3v) is 3.39. The fourth-order valence-corrected chi connectivity index (χ4v) is 2.20. The highest BCUT2D eigenvalue weighted by Crippen LogP contribution is 2.29. The second kappa shape index (κ2) is 4.22. The van der Waals surface area contributed by atoms with Crippen LogP contribution < -0.4 is 5.73 Å². The van der Waals surface area contributed by atoms with Gasteiger partial charge in [0.1, 0.15) is 5.82 Å². The molecule has 0 bridgehead atoms. The van der Waals surface area contributed by atoms with Gasteiger partial charge in [0.2, 0.25) is 0 Å². The lowest BCUT2D eigenvalue weighted by molar-refractivity contribution is 0.767. The highest BCUT2D eigenvalue weighted by molar-refractivity contribution is 7.98. The lowest BCUT2D eigenvalue weighted by Crippen LogP contribution is -1.97. The molecule has 0 saturated heterocycles. The van der Waals surface area contributed by atoms with Crippen molar-refractivity contribution in [3.63, 3.8) is 0 Å². The van der Waals surface area contributed by atoms with Gasteiger partial charge in [-0.25, -0.2) is 0 Å². The third kappa shape index (κ3) is 1.80. The molecule has 84 valence electrons. The summed E-state index contributed by atoms with van der Waals surface area (Å²) in [4.78, 5) is 1.25. The van der Waals surface area contributed by atoms with Crippen molar-refractivity contribution in [3.05, 3.63) is 30.0 Å². The molecule has 2 rings (SSSR count). The van der Waals surface area contributed by atoms with Crippen molar-refractivity contribution in [3.8, 4) is 11.1 Å². The summed E-state index contributed by atoms with van der Waals surface area (Å²) in [6.07, 6.45) is 2.07. The molecule has 0 spiro atoms. The second-order valence-electron chi connectivity index (χ2n) is 3.70. The molecule has 0 aliphatic rings. The summed E-state index contributed by atoms with van der Waals surface area (Å²) in [5.41, 5.74) is 9.13. The van der Waals surface area contributed by atoms with E-state index in [2.05, 4.69) is 35.6 Å². The highest BCUT2D eigenvalue weighted by atomic mass is 32.2. The Morgan fingerprint density at radius 2 is 1.88 bits per heavy atom. The normalized spacial score (nSPS) is 10.7. The van der Waals surface area contributed by atoms with Gasteiger partial charge in [0, 0.05) is 17.5 Å². The summed E-state index contributed by atoms with van der Waals surface area (Å²) in [5.74, 6) is 0.717. The molecule has 1 heterocycles. The zero-order valence-electron chi connectivity index (χ0n) is 9.69. The van der Waals surface area contributed by atoms with Gasteiger partial charge >= 0.3 is 0 Å². The number of nitrogens with two attached hydrogens (primary N) is 1. The number of aryl methyl sites for hydroxylation is 2. The number of thioether (sulfide) groups is 1. The van der Waals surface area contributed by atoms with Crippen molar-refractivity contribution in [1.29, 1.82) is 0 Å². The number of nitrogens with zero attached hydrogens (tertiary/aromatic N) is 2. The number of hydrogen-bond donors (Lipinski definition) is 1. The number of hydrogen-bond acceptors (Lipinski definition) is 3. The first-order valence-electron chi connectivity index (χ1n) is 5.07. The molecule has 4 heteroatoms. The molecule has 0 fully saturated rings. The van der Waals surface area contributed by atoms with E-state index in [1.807, 2.05) is 14.0 Å². The predicted molar refractivity (Wildman–Crippen MR) is 69.6 cm³/mol. The van der Waals surface area contributed by atoms with Crippen LogP contribution in [-0.2, 0) is 7.05 Å². The Balaban J connectivity index is 2.50. The van der Waals surface area contributed by atoms with Crippen molar-refractivity contribution in [2.24, 2.45) is 7.05 Å². The standard InChI is InChI=1S/C12H15N3S/c1-8-11(12(13)15(2)14-8)9-4-6-10(16-3)7-5-9/h4-7H,13H2,1-3H3. The summed E-state index contributed by atoms with van der Waals surface area (Å²) in [7, 11) is 1.86. The molecule has 16 heavy (non-hydrogen) atoms. The third-order valence-electron chi connectivity index (χ3n) is 2.65. The monoisotopic (exact) mass is 233 g/mol. The molecular formula is C12H15N3S. The van der Waals surface area contributed by atoms with Crippen molar-refractivity contribution >= 4 is 17.6 Å². The van der Waals surface area contributed by atoms with Crippen LogP contribution in [0.15, 0.2) is 29.2 Å². The van der Waals surface area contributed by atoms with Crippen LogP contribution in [0.3, 0.4) is 0 Å². The van der Waals surface area contributed by atoms with E-state index in [1.165, 1.54) is 4.90 Å². The van der Waals surface area contributed by atoms with Gasteiger partial charge in [-0.1, -0.05) is 12.1 Å². The van der Waals surface area contributed by atoms with Crippen LogP contribution in [0.4, 0.5) is 5.82 Å². The second-order valence-corrected chi connectivity index (χ2v) is 4.58. The van der Waals surface area contributed by atoms with E-state index < -0.39 is 0 Å². The van der Waals surface area contributed by atoms with Crippen molar-refractivity contribution in [1.82, 2.24) is 9.78 Å². The van der Waals surface area contributed by atoms with Gasteiger partial charge < -0.3 is 5.73 Å². The van der Waals surface area contributed by atoms with E-state index in [1.54, 1.807) is 16.4 Å². The smallest absolute Gasteiger partial charge is 0.129 e. The molecule has 1 aromatic heterocycles. The van der Waals surface area contributed by atoms with Gasteiger partial charge in [0.15, 0.2) is 0 Å². The Morgan fingerprint density at radius 3 is 2.31 bits per heavy atom. The zero-order valence-corrected chi connectivity index (χ0v) is 10.5. The van der Waals surface area contributed by atoms with Gasteiger partial charge in [-0.3, -0.25) is 4.68 Å². The quantitative estimate of drug-likeness (QED) is 0.811. The predicted octanol–water partition coefficient (Wildman–Crippen LogP) is 2.70. The minimum Gasteiger partial charge on any atom is -0.383 e. The Bertz CT molecular complexity index is 500. The number of rotatable bonds is 2. The van der Waals surface area contributed by atoms with E-state index in [9.17, 15) is 0 Å². The summed E-state index contributed by atoms with van der Waals surface area (Å²) in [6, 6.07) is 8.39. The summed E-state index contributed by atoms with van der Waals surface area (Å²) < 4.78 is 1.72. The SMILES string of the molecule is CSc1ccc(-c2c(C)nn(C)c2N)cc1. The van der Waals surface area contributed by atoms with Gasteiger partial charge in [-0.05, 0) is 30.9 Å². The van der Waals surface area contributed by atoms with Crippen LogP contribution in [0.5, 0.6) is 0 Å². The first-order valence-corrected chi connectivity index (χ1v) is 6.29. The van der Waals surface area contributed by atoms with Crippen LogP contribution >= 0.6 is 11.8 Å². The molecular weight excluding hydrogens is 218 g/mol. The first kappa shape index (κ1) is 11.1. The van der Waals surface area contributed by atoms with Crippen LogP contribution in [0, 0.1) is 6.92 Å². The maximum absolute atomic E-state index is 6.00. The minimum absolute atomic E-state index is 0.717. The van der Waals surface area contributed by atoms with E-state index in [0.29, 0.717) is 0 Å². The highest BCUT2D eigenvalue weighted by Gasteiger charge is 2.11. The maximum Gasteiger partial charge on any atom is 0.129 e. The molecule has 0 radical (unpaired) electrons. The largest absolute Gasteiger partial charge is 0.383 e. The average molecular weight is 233 g/mol.